The molecule has 0 heterocycles. The Morgan fingerprint density at radius 3 is 2.24 bits per heavy atom. The Kier molecular flexibility index (Phi) is 5.56. The van der Waals surface area contributed by atoms with E-state index in [1.54, 1.807) is 0 Å². The minimum absolute atomic E-state index is 0.385. The molecule has 0 unspecified atom stereocenters. The van der Waals surface area contributed by atoms with Gasteiger partial charge < -0.3 is 5.11 Å². The van der Waals surface area contributed by atoms with Gasteiger partial charge in [0.2, 0.25) is 0 Å². The van der Waals surface area contributed by atoms with Crippen molar-refractivity contribution in [2.24, 2.45) is 0 Å². The summed E-state index contributed by atoms with van der Waals surface area (Å²) in [5.41, 5.74) is 1.22. The molecule has 0 saturated carbocycles. The molecule has 0 amide bonds. The highest BCUT2D eigenvalue weighted by Crippen LogP contribution is 2.18. The van der Waals surface area contributed by atoms with Gasteiger partial charge in [-0.05, 0) is 49.9 Å². The van der Waals surface area contributed by atoms with E-state index in [9.17, 15) is 4.79 Å². The number of hydrogen-bond acceptors (Lipinski definition) is 1. The predicted octanol–water partition coefficient (Wildman–Crippen LogP) is 3.13. The first kappa shape index (κ1) is 13.6. The van der Waals surface area contributed by atoms with Crippen LogP contribution in [0.2, 0.25) is 0 Å². The maximum atomic E-state index is 10.3. The lowest BCUT2D eigenvalue weighted by atomic mass is 10.2. The van der Waals surface area contributed by atoms with Gasteiger partial charge in [-0.1, -0.05) is 30.0 Å². The zero-order valence-corrected chi connectivity index (χ0v) is 11.7. The molecule has 4 heteroatoms. The monoisotopic (exact) mass is 352 g/mol. The topological polar surface area (TPSA) is 37.3 Å². The Labute approximate surface area is 116 Å². The molecule has 1 N–H and O–H groups in total. The van der Waals surface area contributed by atoms with Crippen LogP contribution >= 0.6 is 31.9 Å². The van der Waals surface area contributed by atoms with Gasteiger partial charge in [-0.25, -0.2) is 4.79 Å². The summed E-state index contributed by atoms with van der Waals surface area (Å²) >= 11 is 6.33. The largest absolute Gasteiger partial charge is 0.472 e. The van der Waals surface area contributed by atoms with Crippen molar-refractivity contribution < 1.29 is 9.90 Å². The lowest BCUT2D eigenvalue weighted by Crippen LogP contribution is -1.87. The van der Waals surface area contributed by atoms with Crippen LogP contribution in [0.15, 0.2) is 39.3 Å². The molecular weight excluding hydrogens is 348 g/mol. The molecule has 2 nitrogen and oxygen atoms in total. The third-order valence-electron chi connectivity index (χ3n) is 1.59. The summed E-state index contributed by atoms with van der Waals surface area (Å²) in [6.45, 7) is 0. The summed E-state index contributed by atoms with van der Waals surface area (Å²) in [7, 11) is 0. The Balaban J connectivity index is 3.00. The lowest BCUT2D eigenvalue weighted by Gasteiger charge is -1.89. The number of allylic oxidation sites excluding steroid dienone is 1. The molecule has 0 fully saturated rings. The predicted molar refractivity (Wildman–Crippen MR) is 73.6 cm³/mol. The van der Waals surface area contributed by atoms with Crippen molar-refractivity contribution in [3.05, 3.63) is 44.9 Å². The summed E-state index contributed by atoms with van der Waals surface area (Å²) in [5.74, 6) is 8.95. The van der Waals surface area contributed by atoms with Crippen molar-refractivity contribution in [3.63, 3.8) is 0 Å². The van der Waals surface area contributed by atoms with Crippen LogP contribution in [-0.2, 0) is 4.79 Å². The maximum absolute atomic E-state index is 10.3. The van der Waals surface area contributed by atoms with Gasteiger partial charge in [-0.15, -0.1) is 0 Å². The van der Waals surface area contributed by atoms with Gasteiger partial charge in [0.05, 0.1) is 8.96 Å². The van der Waals surface area contributed by atoms with Gasteiger partial charge in [0.15, 0.2) is 0 Å². The second-order valence-electron chi connectivity index (χ2n) is 2.81. The highest BCUT2D eigenvalue weighted by atomic mass is 79.9. The van der Waals surface area contributed by atoms with E-state index < -0.39 is 5.97 Å². The zero-order chi connectivity index (χ0) is 12.7. The fourth-order valence-electron chi connectivity index (χ4n) is 0.898. The van der Waals surface area contributed by atoms with Crippen molar-refractivity contribution in [2.75, 3.05) is 0 Å². The lowest BCUT2D eigenvalue weighted by molar-refractivity contribution is -0.130. The smallest absolute Gasteiger partial charge is 0.382 e. The molecule has 0 aliphatic carbocycles. The summed E-state index contributed by atoms with van der Waals surface area (Å²) in [6, 6.07) is 9.36. The molecule has 0 radical (unpaired) electrons. The highest BCUT2D eigenvalue weighted by Gasteiger charge is 1.94. The quantitative estimate of drug-likeness (QED) is 0.727. The first-order valence-corrected chi connectivity index (χ1v) is 6.05. The number of benzene rings is 1. The van der Waals surface area contributed by atoms with Gasteiger partial charge in [0.25, 0.3) is 0 Å². The fraction of sp³-hybridized carbons (Fsp3) is 0. The standard InChI is InChI=1S/C13H6Br2O2/c14-13(15)11(8-9-12(16)17)7-6-10-4-2-1-3-5-10/h1-5H,(H,16,17). The molecule has 1 aromatic carbocycles. The molecule has 0 aromatic heterocycles. The molecule has 0 aliphatic rings. The van der Waals surface area contributed by atoms with Gasteiger partial charge in [0.1, 0.15) is 0 Å². The van der Waals surface area contributed by atoms with E-state index in [1.165, 1.54) is 0 Å². The Bertz CT molecular complexity index is 562. The molecule has 1 aromatic rings. The van der Waals surface area contributed by atoms with Crippen molar-refractivity contribution in [3.8, 4) is 23.7 Å². The van der Waals surface area contributed by atoms with E-state index in [2.05, 4.69) is 49.6 Å². The van der Waals surface area contributed by atoms with Crippen molar-refractivity contribution in [2.45, 2.75) is 0 Å². The molecule has 0 spiro atoms. The Morgan fingerprint density at radius 2 is 1.71 bits per heavy atom. The number of carboxylic acid groups (broad SMARTS) is 1. The van der Waals surface area contributed by atoms with Gasteiger partial charge in [0, 0.05) is 11.5 Å². The van der Waals surface area contributed by atoms with Crippen LogP contribution < -0.4 is 0 Å². The highest BCUT2D eigenvalue weighted by molar-refractivity contribution is 9.28. The minimum Gasteiger partial charge on any atom is -0.472 e. The van der Waals surface area contributed by atoms with Crippen LogP contribution in [0.1, 0.15) is 5.56 Å². The summed E-state index contributed by atoms with van der Waals surface area (Å²) < 4.78 is 0.530. The zero-order valence-electron chi connectivity index (χ0n) is 8.50. The van der Waals surface area contributed by atoms with Crippen molar-refractivity contribution in [1.29, 1.82) is 0 Å². The van der Waals surface area contributed by atoms with E-state index >= 15 is 0 Å². The van der Waals surface area contributed by atoms with Gasteiger partial charge in [-0.3, -0.25) is 0 Å². The van der Waals surface area contributed by atoms with Crippen LogP contribution in [0.25, 0.3) is 0 Å². The average Bonchev–Trinajstić information content (AvgIpc) is 2.29. The van der Waals surface area contributed by atoms with Crippen LogP contribution in [0.4, 0.5) is 0 Å². The first-order chi connectivity index (χ1) is 8.09. The number of rotatable bonds is 0. The van der Waals surface area contributed by atoms with Crippen molar-refractivity contribution in [1.82, 2.24) is 0 Å². The summed E-state index contributed by atoms with van der Waals surface area (Å²) in [6.07, 6.45) is 0. The van der Waals surface area contributed by atoms with Crippen LogP contribution in [-0.4, -0.2) is 11.1 Å². The number of halogens is 2. The number of aliphatic carboxylic acids is 1. The number of carbonyl (C=O) groups is 1. The molecule has 0 bridgehead atoms. The third-order valence-corrected chi connectivity index (χ3v) is 2.38. The second kappa shape index (κ2) is 6.96. The van der Waals surface area contributed by atoms with E-state index in [-0.39, 0.29) is 0 Å². The molecule has 0 saturated heterocycles. The first-order valence-electron chi connectivity index (χ1n) is 4.47. The van der Waals surface area contributed by atoms with Gasteiger partial charge in [-0.2, -0.15) is 0 Å². The molecular formula is C13H6Br2O2. The number of hydrogen-bond donors (Lipinski definition) is 1. The van der Waals surface area contributed by atoms with E-state index in [0.717, 1.165) is 5.56 Å². The minimum atomic E-state index is -1.19. The normalized spacial score (nSPS) is 8.12. The molecule has 84 valence electrons. The Morgan fingerprint density at radius 1 is 1.06 bits per heavy atom. The van der Waals surface area contributed by atoms with Crippen LogP contribution in [0.5, 0.6) is 0 Å². The fourth-order valence-corrected chi connectivity index (χ4v) is 1.29. The summed E-state index contributed by atoms with van der Waals surface area (Å²) in [5, 5.41) is 8.45. The molecule has 0 atom stereocenters. The maximum Gasteiger partial charge on any atom is 0.382 e. The molecule has 1 rings (SSSR count). The third kappa shape index (κ3) is 5.40. The number of carboxylic acids is 1. The average molecular weight is 354 g/mol. The molecule has 0 aliphatic heterocycles. The van der Waals surface area contributed by atoms with E-state index in [0.29, 0.717) is 8.96 Å². The van der Waals surface area contributed by atoms with E-state index in [4.69, 9.17) is 5.11 Å². The van der Waals surface area contributed by atoms with Gasteiger partial charge >= 0.3 is 5.97 Å². The van der Waals surface area contributed by atoms with E-state index in [1.807, 2.05) is 36.3 Å². The SMILES string of the molecule is O=C(O)C#CC(C#Cc1ccccc1)=C(Br)Br. The summed E-state index contributed by atoms with van der Waals surface area (Å²) in [4.78, 5) is 10.3. The van der Waals surface area contributed by atoms with Crippen LogP contribution in [0.3, 0.4) is 0 Å². The van der Waals surface area contributed by atoms with Crippen molar-refractivity contribution >= 4 is 37.8 Å². The van der Waals surface area contributed by atoms with Crippen LogP contribution in [0, 0.1) is 23.7 Å². The second-order valence-corrected chi connectivity index (χ2v) is 5.46. The Hall–Kier alpha value is -1.49. The molecule has 17 heavy (non-hydrogen) atoms.